The molecule has 39 heavy (non-hydrogen) atoms. The number of halogens is 1. The van der Waals surface area contributed by atoms with Gasteiger partial charge in [0.25, 0.3) is 5.91 Å². The lowest BCUT2D eigenvalue weighted by Gasteiger charge is -2.23. The largest absolute Gasteiger partial charge is 0.490 e. The van der Waals surface area contributed by atoms with Crippen LogP contribution in [0.5, 0.6) is 11.5 Å². The third-order valence-electron chi connectivity index (χ3n) is 6.56. The number of nitrogens with zero attached hydrogens (tertiary/aromatic N) is 2. The molecular formula is C30H23ClN2O6. The zero-order valence-corrected chi connectivity index (χ0v) is 21.9. The van der Waals surface area contributed by atoms with Crippen molar-refractivity contribution in [1.29, 1.82) is 0 Å². The van der Waals surface area contributed by atoms with E-state index in [-0.39, 0.29) is 29.2 Å². The van der Waals surface area contributed by atoms with Crippen LogP contribution >= 0.6 is 11.6 Å². The van der Waals surface area contributed by atoms with Crippen LogP contribution in [-0.2, 0) is 6.61 Å². The number of hydrogen-bond donors (Lipinski definition) is 0. The summed E-state index contributed by atoms with van der Waals surface area (Å²) in [4.78, 5) is 28.9. The Hall–Kier alpha value is -4.56. The molecule has 1 aliphatic heterocycles. The topological polar surface area (TPSA) is 95.0 Å². The van der Waals surface area contributed by atoms with Gasteiger partial charge in [-0.2, -0.15) is 0 Å². The molecule has 0 aliphatic carbocycles. The number of rotatable bonds is 7. The van der Waals surface area contributed by atoms with Gasteiger partial charge in [-0.15, -0.1) is 0 Å². The fourth-order valence-corrected chi connectivity index (χ4v) is 4.98. The predicted octanol–water partition coefficient (Wildman–Crippen LogP) is 6.47. The number of para-hydroxylation sites is 1. The maximum atomic E-state index is 13.7. The number of ether oxygens (including phenoxy) is 2. The van der Waals surface area contributed by atoms with Crippen LogP contribution in [0, 0.1) is 6.92 Å². The maximum Gasteiger partial charge on any atom is 0.296 e. The first-order valence-electron chi connectivity index (χ1n) is 12.4. The van der Waals surface area contributed by atoms with Crippen molar-refractivity contribution in [2.24, 2.45) is 0 Å². The van der Waals surface area contributed by atoms with Crippen LogP contribution in [0.1, 0.15) is 46.0 Å². The van der Waals surface area contributed by atoms with Gasteiger partial charge in [0.1, 0.15) is 18.0 Å². The quantitative estimate of drug-likeness (QED) is 0.232. The fourth-order valence-electron chi connectivity index (χ4n) is 4.79. The molecule has 0 saturated heterocycles. The molecule has 2 aromatic heterocycles. The Kier molecular flexibility index (Phi) is 6.32. The van der Waals surface area contributed by atoms with Crippen molar-refractivity contribution in [3.8, 4) is 11.5 Å². The molecule has 0 N–H and O–H groups in total. The van der Waals surface area contributed by atoms with Gasteiger partial charge < -0.3 is 18.4 Å². The Morgan fingerprint density at radius 1 is 0.974 bits per heavy atom. The van der Waals surface area contributed by atoms with E-state index in [4.69, 9.17) is 30.0 Å². The number of aromatic nitrogens is 1. The van der Waals surface area contributed by atoms with Gasteiger partial charge in [0.15, 0.2) is 22.7 Å². The predicted molar refractivity (Wildman–Crippen MR) is 146 cm³/mol. The Morgan fingerprint density at radius 2 is 1.77 bits per heavy atom. The number of carbonyl (C=O) groups is 1. The Balaban J connectivity index is 1.48. The van der Waals surface area contributed by atoms with Crippen LogP contribution < -0.4 is 19.8 Å². The average molecular weight is 543 g/mol. The van der Waals surface area contributed by atoms with Crippen LogP contribution in [0.3, 0.4) is 0 Å². The summed E-state index contributed by atoms with van der Waals surface area (Å²) in [6.45, 7) is 4.22. The van der Waals surface area contributed by atoms with E-state index in [0.29, 0.717) is 45.4 Å². The lowest BCUT2D eigenvalue weighted by Crippen LogP contribution is -2.29. The zero-order chi connectivity index (χ0) is 27.1. The zero-order valence-electron chi connectivity index (χ0n) is 21.1. The molecule has 9 heteroatoms. The molecule has 0 radical (unpaired) electrons. The fraction of sp³-hybridized carbons (Fsp3) is 0.167. The molecule has 6 rings (SSSR count). The SMILES string of the molecule is CCOc1cc([C@H]2c3c(oc4ccccc4c3=O)C(=O)N2c2cc(C)on2)ccc1OCc1ccccc1Cl. The summed E-state index contributed by atoms with van der Waals surface area (Å²) in [5.41, 5.74) is 1.73. The molecule has 1 atom stereocenters. The number of hydrogen-bond acceptors (Lipinski definition) is 7. The first kappa shape index (κ1) is 24.8. The first-order chi connectivity index (χ1) is 19.0. The van der Waals surface area contributed by atoms with E-state index in [1.807, 2.05) is 25.1 Å². The summed E-state index contributed by atoms with van der Waals surface area (Å²) < 4.78 is 23.2. The number of benzene rings is 3. The van der Waals surface area contributed by atoms with E-state index in [9.17, 15) is 9.59 Å². The van der Waals surface area contributed by atoms with Crippen LogP contribution in [0.4, 0.5) is 5.82 Å². The van der Waals surface area contributed by atoms with Crippen molar-refractivity contribution in [3.63, 3.8) is 0 Å². The summed E-state index contributed by atoms with van der Waals surface area (Å²) in [6.07, 6.45) is 0. The minimum atomic E-state index is -0.824. The minimum absolute atomic E-state index is 0.0265. The van der Waals surface area contributed by atoms with Crippen LogP contribution in [0.25, 0.3) is 11.0 Å². The van der Waals surface area contributed by atoms with Gasteiger partial charge in [0.2, 0.25) is 5.76 Å². The highest BCUT2D eigenvalue weighted by atomic mass is 35.5. The van der Waals surface area contributed by atoms with E-state index in [1.165, 1.54) is 4.90 Å². The second-order valence-corrected chi connectivity index (χ2v) is 9.47. The summed E-state index contributed by atoms with van der Waals surface area (Å²) in [5, 5.41) is 5.06. The third-order valence-corrected chi connectivity index (χ3v) is 6.93. The third kappa shape index (κ3) is 4.32. The Labute approximate surface area is 228 Å². The number of carbonyl (C=O) groups excluding carboxylic acids is 1. The number of aryl methyl sites for hydroxylation is 1. The molecule has 0 spiro atoms. The smallest absolute Gasteiger partial charge is 0.296 e. The Bertz CT molecular complexity index is 1780. The molecule has 196 valence electrons. The average Bonchev–Trinajstić information content (AvgIpc) is 3.49. The van der Waals surface area contributed by atoms with Crippen molar-refractivity contribution in [3.05, 3.63) is 116 Å². The van der Waals surface area contributed by atoms with Crippen molar-refractivity contribution in [2.45, 2.75) is 26.5 Å². The van der Waals surface area contributed by atoms with Crippen LogP contribution in [0.2, 0.25) is 5.02 Å². The molecule has 5 aromatic rings. The van der Waals surface area contributed by atoms with Gasteiger partial charge in [-0.05, 0) is 49.7 Å². The molecule has 0 bridgehead atoms. The van der Waals surface area contributed by atoms with E-state index >= 15 is 0 Å². The van der Waals surface area contributed by atoms with Gasteiger partial charge in [-0.3, -0.25) is 14.5 Å². The maximum absolute atomic E-state index is 13.7. The molecule has 3 heterocycles. The highest BCUT2D eigenvalue weighted by Crippen LogP contribution is 2.43. The van der Waals surface area contributed by atoms with Crippen molar-refractivity contribution in [1.82, 2.24) is 5.16 Å². The van der Waals surface area contributed by atoms with Crippen LogP contribution in [0.15, 0.2) is 86.5 Å². The second kappa shape index (κ2) is 9.96. The van der Waals surface area contributed by atoms with Gasteiger partial charge in [-0.1, -0.05) is 53.2 Å². The first-order valence-corrected chi connectivity index (χ1v) is 12.8. The molecule has 1 amide bonds. The normalized spacial score (nSPS) is 14.6. The highest BCUT2D eigenvalue weighted by Gasteiger charge is 2.45. The highest BCUT2D eigenvalue weighted by molar-refractivity contribution is 6.31. The summed E-state index contributed by atoms with van der Waals surface area (Å²) >= 11 is 6.30. The van der Waals surface area contributed by atoms with Gasteiger partial charge in [0.05, 0.1) is 23.6 Å². The second-order valence-electron chi connectivity index (χ2n) is 9.06. The molecule has 0 unspecified atom stereocenters. The van der Waals surface area contributed by atoms with Crippen molar-refractivity contribution >= 4 is 34.3 Å². The van der Waals surface area contributed by atoms with E-state index in [2.05, 4.69) is 5.16 Å². The van der Waals surface area contributed by atoms with E-state index < -0.39 is 11.9 Å². The van der Waals surface area contributed by atoms with E-state index in [0.717, 1.165) is 5.56 Å². The lowest BCUT2D eigenvalue weighted by atomic mass is 9.98. The molecule has 8 nitrogen and oxygen atoms in total. The summed E-state index contributed by atoms with van der Waals surface area (Å²) in [7, 11) is 0. The van der Waals surface area contributed by atoms with Crippen LogP contribution in [-0.4, -0.2) is 17.7 Å². The molecule has 0 fully saturated rings. The van der Waals surface area contributed by atoms with Gasteiger partial charge in [-0.25, -0.2) is 0 Å². The van der Waals surface area contributed by atoms with Gasteiger partial charge in [0, 0.05) is 16.7 Å². The minimum Gasteiger partial charge on any atom is -0.490 e. The Morgan fingerprint density at radius 3 is 2.54 bits per heavy atom. The summed E-state index contributed by atoms with van der Waals surface area (Å²) in [5.74, 6) is 1.25. The summed E-state index contributed by atoms with van der Waals surface area (Å²) in [6, 6.07) is 20.4. The number of anilines is 1. The van der Waals surface area contributed by atoms with E-state index in [1.54, 1.807) is 61.5 Å². The van der Waals surface area contributed by atoms with Crippen molar-refractivity contribution < 1.29 is 23.2 Å². The molecular weight excluding hydrogens is 520 g/mol. The molecule has 3 aromatic carbocycles. The number of amides is 1. The molecule has 0 saturated carbocycles. The number of fused-ring (bicyclic) bond motifs is 2. The van der Waals surface area contributed by atoms with Crippen molar-refractivity contribution in [2.75, 3.05) is 11.5 Å². The monoisotopic (exact) mass is 542 g/mol. The standard InChI is InChI=1S/C30H23ClN2O6/c1-3-36-24-15-18(12-13-23(24)37-16-19-8-4-6-10-21(19)31)27-26-28(34)20-9-5-7-11-22(20)38-29(26)30(35)33(27)25-14-17(2)39-32-25/h4-15,27H,3,16H2,1-2H3/t27-/m0/s1. The lowest BCUT2D eigenvalue weighted by molar-refractivity contribution is 0.0969. The van der Waals surface area contributed by atoms with Gasteiger partial charge >= 0.3 is 0 Å². The molecule has 1 aliphatic rings.